The summed E-state index contributed by atoms with van der Waals surface area (Å²) in [4.78, 5) is 45.1. The van der Waals surface area contributed by atoms with E-state index in [9.17, 15) is 4.79 Å². The van der Waals surface area contributed by atoms with Crippen molar-refractivity contribution in [1.82, 2.24) is 79.0 Å². The zero-order valence-corrected chi connectivity index (χ0v) is 46.3. The van der Waals surface area contributed by atoms with Crippen LogP contribution in [0.3, 0.4) is 0 Å². The van der Waals surface area contributed by atoms with Crippen molar-refractivity contribution < 1.29 is 4.79 Å². The first kappa shape index (κ1) is 56.4. The van der Waals surface area contributed by atoms with Gasteiger partial charge in [0.1, 0.15) is 47.3 Å². The molecule has 25 heteroatoms. The van der Waals surface area contributed by atoms with Gasteiger partial charge in [0.15, 0.2) is 0 Å². The highest BCUT2D eigenvalue weighted by Gasteiger charge is 2.19. The van der Waals surface area contributed by atoms with Gasteiger partial charge in [0.05, 0.1) is 22.7 Å². The van der Waals surface area contributed by atoms with E-state index in [-0.39, 0.29) is 5.91 Å². The van der Waals surface area contributed by atoms with Crippen LogP contribution in [0.2, 0.25) is 10.3 Å². The van der Waals surface area contributed by atoms with Gasteiger partial charge in [-0.05, 0) is 91.6 Å². The number of para-hydroxylation sites is 4. The van der Waals surface area contributed by atoms with Gasteiger partial charge in [-0.15, -0.1) is 20.4 Å². The molecular weight excluding hydrogens is 1100 g/mol. The SMILES string of the molecule is Clc1cc(-n2cnc(Nc3ccccc3)n2)ccn1.Clc1cc(-n2cnc(Nc3ccccc3)n2)ccn1.Nc1cc(-n2cnc(Nc3ccccc3)n2)ccn1.O=C(CC1CCCC1)Nc1cc(-n2cnc(Nc3ccccc3)n2)ccn1. The number of aromatic nitrogens is 16. The molecule has 420 valence electrons. The summed E-state index contributed by atoms with van der Waals surface area (Å²) < 4.78 is 6.57. The highest BCUT2D eigenvalue weighted by atomic mass is 35.5. The summed E-state index contributed by atoms with van der Waals surface area (Å²) in [5.41, 5.74) is 12.6. The van der Waals surface area contributed by atoms with E-state index in [0.29, 0.717) is 58.1 Å². The molecule has 7 N–H and O–H groups in total. The summed E-state index contributed by atoms with van der Waals surface area (Å²) >= 11 is 11.7. The number of anilines is 10. The van der Waals surface area contributed by atoms with Crippen LogP contribution in [0, 0.1) is 5.92 Å². The van der Waals surface area contributed by atoms with Crippen LogP contribution in [0.1, 0.15) is 32.1 Å². The number of halogens is 2. The Labute approximate surface area is 492 Å². The van der Waals surface area contributed by atoms with Crippen LogP contribution in [0.25, 0.3) is 22.7 Å². The Morgan fingerprint density at radius 3 is 1.12 bits per heavy atom. The Morgan fingerprint density at radius 2 is 0.762 bits per heavy atom. The topological polar surface area (TPSA) is 278 Å². The molecule has 1 aliphatic carbocycles. The van der Waals surface area contributed by atoms with E-state index in [1.807, 2.05) is 146 Å². The van der Waals surface area contributed by atoms with E-state index >= 15 is 0 Å². The highest BCUT2D eigenvalue weighted by Crippen LogP contribution is 2.28. The Bertz CT molecular complexity index is 3680. The van der Waals surface area contributed by atoms with E-state index in [1.54, 1.807) is 93.1 Å². The quantitative estimate of drug-likeness (QED) is 0.0520. The molecule has 0 unspecified atom stereocenters. The van der Waals surface area contributed by atoms with Crippen LogP contribution in [-0.2, 0) is 4.79 Å². The third kappa shape index (κ3) is 16.8. The van der Waals surface area contributed by atoms with Crippen molar-refractivity contribution in [3.63, 3.8) is 0 Å². The molecule has 1 aliphatic rings. The van der Waals surface area contributed by atoms with Crippen molar-refractivity contribution in [1.29, 1.82) is 0 Å². The summed E-state index contributed by atoms with van der Waals surface area (Å²) in [5, 5.41) is 33.7. The zero-order valence-electron chi connectivity index (χ0n) is 44.8. The fourth-order valence-corrected chi connectivity index (χ4v) is 8.67. The number of nitrogens with zero attached hydrogens (tertiary/aromatic N) is 16. The third-order valence-corrected chi connectivity index (χ3v) is 12.7. The summed E-state index contributed by atoms with van der Waals surface area (Å²) in [6, 6.07) is 53.2. The van der Waals surface area contributed by atoms with Gasteiger partial charge in [0.25, 0.3) is 0 Å². The van der Waals surface area contributed by atoms with Crippen molar-refractivity contribution in [3.8, 4) is 22.7 Å². The first-order chi connectivity index (χ1) is 41.2. The molecule has 0 aliphatic heterocycles. The monoisotopic (exact) mass is 1160 g/mol. The van der Waals surface area contributed by atoms with Crippen LogP contribution < -0.4 is 32.3 Å². The number of nitrogens with one attached hydrogen (secondary N) is 5. The summed E-state index contributed by atoms with van der Waals surface area (Å²) in [6.45, 7) is 0. The Hall–Kier alpha value is -10.9. The van der Waals surface area contributed by atoms with Gasteiger partial charge in [-0.3, -0.25) is 4.79 Å². The minimum Gasteiger partial charge on any atom is -0.384 e. The normalized spacial score (nSPS) is 11.6. The molecule has 0 spiro atoms. The minimum atomic E-state index is 0.0246. The molecule has 0 radical (unpaired) electrons. The molecule has 8 heterocycles. The molecule has 1 fully saturated rings. The molecule has 12 aromatic rings. The third-order valence-electron chi connectivity index (χ3n) is 12.3. The van der Waals surface area contributed by atoms with E-state index in [1.165, 1.54) is 12.8 Å². The maximum Gasteiger partial charge on any atom is 0.246 e. The van der Waals surface area contributed by atoms with E-state index in [0.717, 1.165) is 58.3 Å². The predicted octanol–water partition coefficient (Wildman–Crippen LogP) is 12.0. The molecule has 4 aromatic carbocycles. The van der Waals surface area contributed by atoms with Gasteiger partial charge in [0.2, 0.25) is 29.7 Å². The second-order valence-corrected chi connectivity index (χ2v) is 19.2. The molecule has 1 saturated carbocycles. The van der Waals surface area contributed by atoms with Gasteiger partial charge in [-0.2, -0.15) is 19.9 Å². The van der Waals surface area contributed by atoms with Crippen molar-refractivity contribution in [2.75, 3.05) is 32.3 Å². The number of hydrogen-bond donors (Lipinski definition) is 6. The number of rotatable bonds is 15. The number of carbonyl (C=O) groups is 1. The van der Waals surface area contributed by atoms with E-state index in [4.69, 9.17) is 28.9 Å². The predicted molar refractivity (Wildman–Crippen MR) is 325 cm³/mol. The van der Waals surface area contributed by atoms with Crippen LogP contribution in [0.4, 0.5) is 58.2 Å². The van der Waals surface area contributed by atoms with E-state index < -0.39 is 0 Å². The Balaban J connectivity index is 0.000000126. The van der Waals surface area contributed by atoms with Crippen molar-refractivity contribution in [2.45, 2.75) is 32.1 Å². The second kappa shape index (κ2) is 28.5. The largest absolute Gasteiger partial charge is 0.384 e. The molecule has 8 aromatic heterocycles. The van der Waals surface area contributed by atoms with E-state index in [2.05, 4.69) is 86.9 Å². The van der Waals surface area contributed by atoms with Crippen LogP contribution >= 0.6 is 23.2 Å². The van der Waals surface area contributed by atoms with Gasteiger partial charge in [-0.1, -0.05) is 109 Å². The molecule has 13 rings (SSSR count). The number of nitrogen functional groups attached to an aromatic ring is 1. The number of benzene rings is 4. The van der Waals surface area contributed by atoms with Gasteiger partial charge in [0, 0.05) is 78.2 Å². The standard InChI is InChI=1S/C20H22N6O.2C13H10ClN5.C13H12N6/c27-19(12-15-6-4-5-7-15)24-18-13-17(10-11-21-18)26-14-22-20(25-26)23-16-8-2-1-3-9-16;3*14-12-8-11(6-7-15-12)19-9-16-13(18-19)17-10-4-2-1-3-5-10/h1-3,8-11,13-15H,4-7,12H2,(H,23,25)(H,21,24,27);2*1-9H,(H,17,18);1-9H,(H2,14,15)(H,17,18). The second-order valence-electron chi connectivity index (χ2n) is 18.4. The fraction of sp³-hybridized carbons (Fsp3) is 0.102. The van der Waals surface area contributed by atoms with Gasteiger partial charge >= 0.3 is 0 Å². The summed E-state index contributed by atoms with van der Waals surface area (Å²) in [5.74, 6) is 3.60. The number of nitrogens with two attached hydrogens (primary N) is 1. The maximum atomic E-state index is 12.2. The molecule has 0 bridgehead atoms. The first-order valence-electron chi connectivity index (χ1n) is 26.4. The van der Waals surface area contributed by atoms with Crippen LogP contribution in [0.15, 0.2) is 220 Å². The number of carbonyl (C=O) groups excluding carboxylic acids is 1. The van der Waals surface area contributed by atoms with Crippen LogP contribution in [-0.4, -0.2) is 84.9 Å². The lowest BCUT2D eigenvalue weighted by Gasteiger charge is -2.09. The number of hydrogen-bond acceptors (Lipinski definition) is 18. The molecular formula is C59H54Cl2N22O. The molecule has 1 amide bonds. The average molecular weight is 1160 g/mol. The molecule has 0 saturated heterocycles. The average Bonchev–Trinajstić information content (AvgIpc) is 4.45. The lowest BCUT2D eigenvalue weighted by Crippen LogP contribution is -2.16. The van der Waals surface area contributed by atoms with Gasteiger partial charge < -0.3 is 32.3 Å². The molecule has 23 nitrogen and oxygen atoms in total. The first-order valence-corrected chi connectivity index (χ1v) is 27.1. The molecule has 0 atom stereocenters. The lowest BCUT2D eigenvalue weighted by molar-refractivity contribution is -0.117. The number of pyridine rings is 4. The van der Waals surface area contributed by atoms with Crippen molar-refractivity contribution >= 4 is 87.3 Å². The molecule has 84 heavy (non-hydrogen) atoms. The number of amides is 1. The Morgan fingerprint density at radius 1 is 0.429 bits per heavy atom. The summed E-state index contributed by atoms with van der Waals surface area (Å²) in [7, 11) is 0. The van der Waals surface area contributed by atoms with Crippen LogP contribution in [0.5, 0.6) is 0 Å². The lowest BCUT2D eigenvalue weighted by atomic mass is 10.0. The Kier molecular flexibility index (Phi) is 19.1. The smallest absolute Gasteiger partial charge is 0.246 e. The van der Waals surface area contributed by atoms with Crippen molar-refractivity contribution in [3.05, 3.63) is 230 Å². The maximum absolute atomic E-state index is 12.2. The van der Waals surface area contributed by atoms with Crippen molar-refractivity contribution in [2.24, 2.45) is 5.92 Å². The minimum absolute atomic E-state index is 0.0246. The van der Waals surface area contributed by atoms with Gasteiger partial charge in [-0.25, -0.2) is 38.7 Å². The highest BCUT2D eigenvalue weighted by molar-refractivity contribution is 6.29. The summed E-state index contributed by atoms with van der Waals surface area (Å²) in [6.07, 6.45) is 18.4. The fourth-order valence-electron chi connectivity index (χ4n) is 8.33. The zero-order chi connectivity index (χ0) is 57.7.